The van der Waals surface area contributed by atoms with Gasteiger partial charge >= 0.3 is 0 Å². The standard InChI is InChI=1S/C18H15ClN4O2S/c1-10-7-12-16(20-9-11-3-4-14(24-2)13(19)8-11)22-17(23-18(12)26-10)15-5-6-21-25-15/h3-8H,9H2,1-2H3,(H,20,22,23). The molecule has 0 aliphatic rings. The second kappa shape index (κ2) is 6.93. The number of nitrogens with zero attached hydrogens (tertiary/aromatic N) is 3. The number of benzene rings is 1. The van der Waals surface area contributed by atoms with E-state index in [9.17, 15) is 0 Å². The fraction of sp³-hybridized carbons (Fsp3) is 0.167. The number of nitrogens with one attached hydrogen (secondary N) is 1. The maximum absolute atomic E-state index is 6.21. The molecule has 6 nitrogen and oxygen atoms in total. The van der Waals surface area contributed by atoms with Gasteiger partial charge in [0, 0.05) is 17.5 Å². The molecule has 0 radical (unpaired) electrons. The Morgan fingerprint density at radius 1 is 1.23 bits per heavy atom. The molecular weight excluding hydrogens is 372 g/mol. The van der Waals surface area contributed by atoms with E-state index in [4.69, 9.17) is 20.9 Å². The molecule has 1 N–H and O–H groups in total. The molecule has 0 saturated carbocycles. The monoisotopic (exact) mass is 386 g/mol. The van der Waals surface area contributed by atoms with Crippen LogP contribution >= 0.6 is 22.9 Å². The minimum absolute atomic E-state index is 0.507. The van der Waals surface area contributed by atoms with Crippen LogP contribution in [-0.2, 0) is 6.54 Å². The van der Waals surface area contributed by atoms with Crippen molar-refractivity contribution >= 4 is 39.0 Å². The Bertz CT molecular complexity index is 1060. The number of hydrogen-bond acceptors (Lipinski definition) is 7. The number of aryl methyl sites for hydroxylation is 1. The summed E-state index contributed by atoms with van der Waals surface area (Å²) in [6.45, 7) is 2.62. The predicted octanol–water partition coefficient (Wildman–Crippen LogP) is 4.93. The lowest BCUT2D eigenvalue weighted by Gasteiger charge is -2.10. The highest BCUT2D eigenvalue weighted by Crippen LogP contribution is 2.31. The van der Waals surface area contributed by atoms with E-state index in [2.05, 4.69) is 26.5 Å². The van der Waals surface area contributed by atoms with Crippen molar-refractivity contribution in [3.8, 4) is 17.3 Å². The number of halogens is 1. The summed E-state index contributed by atoms with van der Waals surface area (Å²) in [4.78, 5) is 11.3. The van der Waals surface area contributed by atoms with Crippen LogP contribution in [0.2, 0.25) is 5.02 Å². The molecule has 0 aliphatic carbocycles. The highest BCUT2D eigenvalue weighted by molar-refractivity contribution is 7.18. The molecule has 3 aromatic heterocycles. The Kier molecular flexibility index (Phi) is 4.48. The van der Waals surface area contributed by atoms with Crippen LogP contribution in [0.4, 0.5) is 5.82 Å². The molecule has 4 aromatic rings. The summed E-state index contributed by atoms with van der Waals surface area (Å²) < 4.78 is 10.4. The van der Waals surface area contributed by atoms with Crippen molar-refractivity contribution in [3.63, 3.8) is 0 Å². The van der Waals surface area contributed by atoms with Crippen LogP contribution in [0.25, 0.3) is 21.8 Å². The third kappa shape index (κ3) is 3.23. The summed E-state index contributed by atoms with van der Waals surface area (Å²) in [7, 11) is 1.60. The third-order valence-corrected chi connectivity index (χ3v) is 5.09. The Labute approximate surface area is 158 Å². The number of aromatic nitrogens is 3. The maximum atomic E-state index is 6.21. The van der Waals surface area contributed by atoms with Gasteiger partial charge < -0.3 is 14.6 Å². The van der Waals surface area contributed by atoms with Gasteiger partial charge in [-0.1, -0.05) is 22.8 Å². The quantitative estimate of drug-likeness (QED) is 0.524. The molecule has 26 heavy (non-hydrogen) atoms. The molecule has 0 amide bonds. The molecule has 132 valence electrons. The Hall–Kier alpha value is -2.64. The first-order chi connectivity index (χ1) is 12.6. The van der Waals surface area contributed by atoms with E-state index in [1.165, 1.54) is 4.88 Å². The van der Waals surface area contributed by atoms with Crippen LogP contribution in [0, 0.1) is 6.92 Å². The number of ether oxygens (including phenoxy) is 1. The van der Waals surface area contributed by atoms with Crippen LogP contribution < -0.4 is 10.1 Å². The summed E-state index contributed by atoms with van der Waals surface area (Å²) >= 11 is 7.82. The lowest BCUT2D eigenvalue weighted by atomic mass is 10.2. The Morgan fingerprint density at radius 3 is 2.85 bits per heavy atom. The highest BCUT2D eigenvalue weighted by atomic mass is 35.5. The van der Waals surface area contributed by atoms with Gasteiger partial charge in [0.25, 0.3) is 0 Å². The van der Waals surface area contributed by atoms with Crippen LogP contribution in [0.5, 0.6) is 5.75 Å². The molecule has 0 fully saturated rings. The fourth-order valence-electron chi connectivity index (χ4n) is 2.62. The zero-order valence-corrected chi connectivity index (χ0v) is 15.7. The lowest BCUT2D eigenvalue weighted by molar-refractivity contribution is 0.415. The molecule has 3 heterocycles. The molecule has 0 unspecified atom stereocenters. The van der Waals surface area contributed by atoms with Gasteiger partial charge in [-0.05, 0) is 30.7 Å². The van der Waals surface area contributed by atoms with E-state index in [1.807, 2.05) is 25.1 Å². The molecule has 4 rings (SSSR count). The first-order valence-electron chi connectivity index (χ1n) is 7.89. The topological polar surface area (TPSA) is 73.1 Å². The van der Waals surface area contributed by atoms with Gasteiger partial charge in [-0.2, -0.15) is 0 Å². The number of hydrogen-bond donors (Lipinski definition) is 1. The van der Waals surface area contributed by atoms with Crippen LogP contribution in [-0.4, -0.2) is 22.2 Å². The molecule has 0 saturated heterocycles. The second-order valence-electron chi connectivity index (χ2n) is 5.67. The van der Waals surface area contributed by atoms with Gasteiger partial charge in [0.1, 0.15) is 16.4 Å². The number of fused-ring (bicyclic) bond motifs is 1. The van der Waals surface area contributed by atoms with Crippen molar-refractivity contribution in [3.05, 3.63) is 52.0 Å². The van der Waals surface area contributed by atoms with Crippen molar-refractivity contribution in [2.45, 2.75) is 13.5 Å². The van der Waals surface area contributed by atoms with Crippen LogP contribution in [0.15, 0.2) is 41.1 Å². The van der Waals surface area contributed by atoms with Gasteiger partial charge in [0.15, 0.2) is 0 Å². The van der Waals surface area contributed by atoms with E-state index in [0.29, 0.717) is 28.9 Å². The summed E-state index contributed by atoms with van der Waals surface area (Å²) in [6.07, 6.45) is 1.58. The smallest absolute Gasteiger partial charge is 0.204 e. The van der Waals surface area contributed by atoms with Gasteiger partial charge in [0.05, 0.1) is 23.7 Å². The van der Waals surface area contributed by atoms with Crippen molar-refractivity contribution in [2.24, 2.45) is 0 Å². The number of anilines is 1. The Balaban J connectivity index is 1.67. The Morgan fingerprint density at radius 2 is 2.12 bits per heavy atom. The molecular formula is C18H15ClN4O2S. The first-order valence-corrected chi connectivity index (χ1v) is 9.09. The van der Waals surface area contributed by atoms with Crippen molar-refractivity contribution < 1.29 is 9.26 Å². The minimum atomic E-state index is 0.507. The van der Waals surface area contributed by atoms with Crippen LogP contribution in [0.1, 0.15) is 10.4 Å². The zero-order chi connectivity index (χ0) is 18.1. The normalized spacial score (nSPS) is 11.0. The zero-order valence-electron chi connectivity index (χ0n) is 14.1. The molecule has 0 bridgehead atoms. The van der Waals surface area contributed by atoms with E-state index in [0.717, 1.165) is 21.6 Å². The minimum Gasteiger partial charge on any atom is -0.495 e. The highest BCUT2D eigenvalue weighted by Gasteiger charge is 2.14. The first kappa shape index (κ1) is 16.8. The summed E-state index contributed by atoms with van der Waals surface area (Å²) in [5.74, 6) is 2.44. The van der Waals surface area contributed by atoms with E-state index in [1.54, 1.807) is 30.7 Å². The average Bonchev–Trinajstić information content (AvgIpc) is 3.28. The lowest BCUT2D eigenvalue weighted by Crippen LogP contribution is -2.03. The predicted molar refractivity (Wildman–Crippen MR) is 103 cm³/mol. The van der Waals surface area contributed by atoms with Gasteiger partial charge in [-0.15, -0.1) is 11.3 Å². The summed E-state index contributed by atoms with van der Waals surface area (Å²) in [5.41, 5.74) is 1.02. The maximum Gasteiger partial charge on any atom is 0.204 e. The SMILES string of the molecule is COc1ccc(CNc2nc(-c3ccno3)nc3sc(C)cc23)cc1Cl. The third-order valence-electron chi connectivity index (χ3n) is 3.85. The average molecular weight is 387 g/mol. The van der Waals surface area contributed by atoms with Gasteiger partial charge in [0.2, 0.25) is 11.6 Å². The number of thiophene rings is 1. The molecule has 0 spiro atoms. The van der Waals surface area contributed by atoms with Gasteiger partial charge in [-0.25, -0.2) is 9.97 Å². The second-order valence-corrected chi connectivity index (χ2v) is 7.31. The molecule has 0 atom stereocenters. The molecule has 1 aromatic carbocycles. The van der Waals surface area contributed by atoms with Gasteiger partial charge in [-0.3, -0.25) is 0 Å². The molecule has 8 heteroatoms. The largest absolute Gasteiger partial charge is 0.495 e. The fourth-order valence-corrected chi connectivity index (χ4v) is 3.78. The van der Waals surface area contributed by atoms with E-state index in [-0.39, 0.29) is 0 Å². The van der Waals surface area contributed by atoms with Crippen molar-refractivity contribution in [1.82, 2.24) is 15.1 Å². The van der Waals surface area contributed by atoms with E-state index < -0.39 is 0 Å². The van der Waals surface area contributed by atoms with E-state index >= 15 is 0 Å². The summed E-state index contributed by atoms with van der Waals surface area (Å²) in [6, 6.07) is 9.51. The number of methoxy groups -OCH3 is 1. The summed E-state index contributed by atoms with van der Waals surface area (Å²) in [5, 5.41) is 8.67. The molecule has 0 aliphatic heterocycles. The van der Waals surface area contributed by atoms with Crippen LogP contribution in [0.3, 0.4) is 0 Å². The van der Waals surface area contributed by atoms with Crippen molar-refractivity contribution in [1.29, 1.82) is 0 Å². The van der Waals surface area contributed by atoms with Crippen molar-refractivity contribution in [2.75, 3.05) is 12.4 Å². The number of rotatable bonds is 5.